The first-order valence-electron chi connectivity index (χ1n) is 6.19. The molecule has 0 atom stereocenters. The Morgan fingerprint density at radius 1 is 1.40 bits per heavy atom. The third-order valence-electron chi connectivity index (χ3n) is 2.80. The fourth-order valence-corrected chi connectivity index (χ4v) is 1.97. The lowest BCUT2D eigenvalue weighted by atomic mass is 10.1. The maximum Gasteiger partial charge on any atom is 0.317 e. The van der Waals surface area contributed by atoms with Gasteiger partial charge < -0.3 is 10.0 Å². The van der Waals surface area contributed by atoms with Gasteiger partial charge in [0.2, 0.25) is 0 Å². The van der Waals surface area contributed by atoms with Gasteiger partial charge in [-0.1, -0.05) is 17.7 Å². The summed E-state index contributed by atoms with van der Waals surface area (Å²) in [5.41, 5.74) is 1.32. The lowest BCUT2D eigenvalue weighted by Gasteiger charge is -2.22. The van der Waals surface area contributed by atoms with Gasteiger partial charge in [0.1, 0.15) is 0 Å². The number of likely N-dealkylation sites (N-methyl/N-ethyl adjacent to an activating group) is 1. The third kappa shape index (κ3) is 5.57. The largest absolute Gasteiger partial charge is 0.480 e. The van der Waals surface area contributed by atoms with Gasteiger partial charge in [-0.25, -0.2) is 0 Å². The van der Waals surface area contributed by atoms with Crippen molar-refractivity contribution in [2.75, 3.05) is 33.7 Å². The Labute approximate surface area is 124 Å². The maximum absolute atomic E-state index is 10.9. The monoisotopic (exact) mass is 295 g/mol. The minimum atomic E-state index is -0.867. The molecule has 0 amide bonds. The second-order valence-electron chi connectivity index (χ2n) is 4.83. The van der Waals surface area contributed by atoms with E-state index in [9.17, 15) is 4.79 Å². The van der Waals surface area contributed by atoms with Gasteiger partial charge in [0.05, 0.1) is 18.2 Å². The molecule has 0 spiro atoms. The van der Waals surface area contributed by atoms with Gasteiger partial charge in [-0.3, -0.25) is 9.69 Å². The van der Waals surface area contributed by atoms with Crippen LogP contribution in [0.2, 0.25) is 5.02 Å². The molecule has 1 aromatic rings. The maximum atomic E-state index is 10.9. The number of nitriles is 1. The van der Waals surface area contributed by atoms with Crippen molar-refractivity contribution in [1.29, 1.82) is 5.26 Å². The van der Waals surface area contributed by atoms with Crippen LogP contribution < -0.4 is 0 Å². The zero-order valence-electron chi connectivity index (χ0n) is 11.6. The topological polar surface area (TPSA) is 67.6 Å². The van der Waals surface area contributed by atoms with Crippen molar-refractivity contribution >= 4 is 17.6 Å². The van der Waals surface area contributed by atoms with Crippen LogP contribution >= 0.6 is 11.6 Å². The summed E-state index contributed by atoms with van der Waals surface area (Å²) in [6.45, 7) is 1.81. The molecule has 5 nitrogen and oxygen atoms in total. The minimum Gasteiger partial charge on any atom is -0.480 e. The number of carbonyl (C=O) groups is 1. The molecule has 0 bridgehead atoms. The van der Waals surface area contributed by atoms with E-state index in [2.05, 4.69) is 0 Å². The number of nitrogens with zero attached hydrogens (tertiary/aromatic N) is 3. The van der Waals surface area contributed by atoms with Crippen LogP contribution in [0.15, 0.2) is 18.2 Å². The number of hydrogen-bond donors (Lipinski definition) is 1. The number of rotatable bonds is 7. The van der Waals surface area contributed by atoms with E-state index in [-0.39, 0.29) is 6.54 Å². The molecule has 0 fully saturated rings. The predicted octanol–water partition coefficient (Wildman–Crippen LogP) is 1.66. The van der Waals surface area contributed by atoms with Crippen LogP contribution in [0.1, 0.15) is 11.1 Å². The fraction of sp³-hybridized carbons (Fsp3) is 0.429. The van der Waals surface area contributed by atoms with E-state index < -0.39 is 5.97 Å². The summed E-state index contributed by atoms with van der Waals surface area (Å²) in [4.78, 5) is 14.7. The molecule has 1 rings (SSSR count). The van der Waals surface area contributed by atoms with E-state index in [1.165, 1.54) is 0 Å². The van der Waals surface area contributed by atoms with Crippen molar-refractivity contribution in [1.82, 2.24) is 9.80 Å². The van der Waals surface area contributed by atoms with Crippen LogP contribution in [0, 0.1) is 11.3 Å². The Bertz CT molecular complexity index is 512. The number of benzene rings is 1. The van der Waals surface area contributed by atoms with Gasteiger partial charge >= 0.3 is 5.97 Å². The standard InChI is InChI=1S/C14H18ClN3O2/c1-17(2)5-6-18(10-14(19)20)9-12-4-3-11(8-16)7-13(12)15/h3-4,7H,5-6,9-10H2,1-2H3,(H,19,20). The van der Waals surface area contributed by atoms with Crippen LogP contribution in [0.4, 0.5) is 0 Å². The van der Waals surface area contributed by atoms with Gasteiger partial charge in [-0.15, -0.1) is 0 Å². The first-order chi connectivity index (χ1) is 9.42. The lowest BCUT2D eigenvalue weighted by Crippen LogP contribution is -2.35. The van der Waals surface area contributed by atoms with E-state index in [0.717, 1.165) is 12.1 Å². The molecule has 0 saturated carbocycles. The van der Waals surface area contributed by atoms with Crippen molar-refractivity contribution in [3.8, 4) is 6.07 Å². The Morgan fingerprint density at radius 2 is 2.10 bits per heavy atom. The summed E-state index contributed by atoms with van der Waals surface area (Å²) in [5.74, 6) is -0.867. The zero-order valence-corrected chi connectivity index (χ0v) is 12.4. The van der Waals surface area contributed by atoms with Crippen molar-refractivity contribution in [2.24, 2.45) is 0 Å². The molecule has 20 heavy (non-hydrogen) atoms. The molecule has 1 N–H and O–H groups in total. The van der Waals surface area contributed by atoms with Crippen LogP contribution in [-0.4, -0.2) is 54.6 Å². The van der Waals surface area contributed by atoms with E-state index in [1.807, 2.05) is 30.0 Å². The van der Waals surface area contributed by atoms with Crippen molar-refractivity contribution in [2.45, 2.75) is 6.54 Å². The molecule has 0 aliphatic rings. The SMILES string of the molecule is CN(C)CCN(CC(=O)O)Cc1ccc(C#N)cc1Cl. The molecular formula is C14H18ClN3O2. The number of hydrogen-bond acceptors (Lipinski definition) is 4. The molecular weight excluding hydrogens is 278 g/mol. The van der Waals surface area contributed by atoms with Crippen molar-refractivity contribution < 1.29 is 9.90 Å². The summed E-state index contributed by atoms with van der Waals surface area (Å²) in [6, 6.07) is 7.08. The Kier molecular flexibility index (Phi) is 6.46. The molecule has 0 aliphatic carbocycles. The van der Waals surface area contributed by atoms with E-state index in [0.29, 0.717) is 23.7 Å². The van der Waals surface area contributed by atoms with E-state index >= 15 is 0 Å². The highest BCUT2D eigenvalue weighted by Crippen LogP contribution is 2.19. The highest BCUT2D eigenvalue weighted by atomic mass is 35.5. The third-order valence-corrected chi connectivity index (χ3v) is 3.15. The molecule has 1 aromatic carbocycles. The highest BCUT2D eigenvalue weighted by Gasteiger charge is 2.12. The Morgan fingerprint density at radius 3 is 2.60 bits per heavy atom. The molecule has 0 radical (unpaired) electrons. The summed E-state index contributed by atoms with van der Waals surface area (Å²) in [7, 11) is 3.88. The van der Waals surface area contributed by atoms with Gasteiger partial charge in [0.25, 0.3) is 0 Å². The quantitative estimate of drug-likeness (QED) is 0.828. The second-order valence-corrected chi connectivity index (χ2v) is 5.23. The number of carboxylic acids is 1. The molecule has 0 heterocycles. The van der Waals surface area contributed by atoms with Crippen molar-refractivity contribution in [3.63, 3.8) is 0 Å². The Balaban J connectivity index is 2.78. The molecule has 0 aliphatic heterocycles. The smallest absolute Gasteiger partial charge is 0.317 e. The fourth-order valence-electron chi connectivity index (χ4n) is 1.73. The predicted molar refractivity (Wildman–Crippen MR) is 77.6 cm³/mol. The second kappa shape index (κ2) is 7.85. The minimum absolute atomic E-state index is 0.0375. The summed E-state index contributed by atoms with van der Waals surface area (Å²) in [6.07, 6.45) is 0. The summed E-state index contributed by atoms with van der Waals surface area (Å²) < 4.78 is 0. The van der Waals surface area contributed by atoms with Gasteiger partial charge in [-0.05, 0) is 31.8 Å². The van der Waals surface area contributed by atoms with Gasteiger partial charge in [0.15, 0.2) is 0 Å². The number of aliphatic carboxylic acids is 1. The average molecular weight is 296 g/mol. The zero-order chi connectivity index (χ0) is 15.1. The molecule has 0 unspecified atom stereocenters. The number of carboxylic acid groups (broad SMARTS) is 1. The average Bonchev–Trinajstić information content (AvgIpc) is 2.37. The Hall–Kier alpha value is -1.61. The van der Waals surface area contributed by atoms with E-state index in [1.54, 1.807) is 18.2 Å². The molecule has 0 saturated heterocycles. The summed E-state index contributed by atoms with van der Waals surface area (Å²) in [5, 5.41) is 18.2. The van der Waals surface area contributed by atoms with Crippen LogP contribution in [0.3, 0.4) is 0 Å². The van der Waals surface area contributed by atoms with Crippen LogP contribution in [0.25, 0.3) is 0 Å². The highest BCUT2D eigenvalue weighted by molar-refractivity contribution is 6.31. The lowest BCUT2D eigenvalue weighted by molar-refractivity contribution is -0.138. The van der Waals surface area contributed by atoms with Crippen LogP contribution in [0.5, 0.6) is 0 Å². The van der Waals surface area contributed by atoms with Gasteiger partial charge in [0, 0.05) is 24.7 Å². The molecule has 6 heteroatoms. The summed E-state index contributed by atoms with van der Waals surface area (Å²) >= 11 is 6.12. The number of halogens is 1. The molecule has 0 aromatic heterocycles. The van der Waals surface area contributed by atoms with Crippen LogP contribution in [-0.2, 0) is 11.3 Å². The molecule has 108 valence electrons. The first kappa shape index (κ1) is 16.4. The normalized spacial score (nSPS) is 10.8. The van der Waals surface area contributed by atoms with E-state index in [4.69, 9.17) is 22.0 Å². The first-order valence-corrected chi connectivity index (χ1v) is 6.57. The van der Waals surface area contributed by atoms with Gasteiger partial charge in [-0.2, -0.15) is 5.26 Å². The van der Waals surface area contributed by atoms with Crippen molar-refractivity contribution in [3.05, 3.63) is 34.3 Å².